The Morgan fingerprint density at radius 3 is 1.20 bits per heavy atom. The van der Waals surface area contributed by atoms with Gasteiger partial charge in [-0.3, -0.25) is 0 Å². The molecule has 3 heteroatoms. The second-order valence-electron chi connectivity index (χ2n) is 12.4. The van der Waals surface area contributed by atoms with Gasteiger partial charge in [-0.05, 0) is 54.9 Å². The molecule has 0 radical (unpaired) electrons. The van der Waals surface area contributed by atoms with Crippen LogP contribution in [0.15, 0.2) is 188 Å². The van der Waals surface area contributed by atoms with E-state index in [9.17, 15) is 0 Å². The van der Waals surface area contributed by atoms with Crippen LogP contribution in [0.1, 0.15) is 0 Å². The maximum absolute atomic E-state index is 5.13. The lowest BCUT2D eigenvalue weighted by molar-refractivity contribution is 1.08. The van der Waals surface area contributed by atoms with E-state index in [-0.39, 0.29) is 0 Å². The number of benzene rings is 8. The Bertz CT molecular complexity index is 2610. The summed E-state index contributed by atoms with van der Waals surface area (Å²) in [6.07, 6.45) is 0. The van der Waals surface area contributed by atoms with Gasteiger partial charge in [0.1, 0.15) is 0 Å². The van der Waals surface area contributed by atoms with E-state index in [2.05, 4.69) is 152 Å². The summed E-state index contributed by atoms with van der Waals surface area (Å²) in [5.74, 6) is 1.94. The van der Waals surface area contributed by atoms with Crippen molar-refractivity contribution in [1.29, 1.82) is 0 Å². The molecule has 9 rings (SSSR count). The van der Waals surface area contributed by atoms with Gasteiger partial charge in [-0.15, -0.1) is 0 Å². The largest absolute Gasteiger partial charge is 0.208 e. The van der Waals surface area contributed by atoms with Crippen LogP contribution in [0.25, 0.3) is 89.1 Å². The molecule has 0 amide bonds. The van der Waals surface area contributed by atoms with E-state index in [1.807, 2.05) is 36.4 Å². The second-order valence-corrected chi connectivity index (χ2v) is 12.4. The van der Waals surface area contributed by atoms with Crippen LogP contribution < -0.4 is 0 Å². The monoisotopic (exact) mass is 637 g/mol. The van der Waals surface area contributed by atoms with E-state index >= 15 is 0 Å². The highest BCUT2D eigenvalue weighted by Crippen LogP contribution is 2.38. The maximum atomic E-state index is 5.13. The molecule has 3 nitrogen and oxygen atoms in total. The van der Waals surface area contributed by atoms with Crippen molar-refractivity contribution in [2.45, 2.75) is 0 Å². The summed E-state index contributed by atoms with van der Waals surface area (Å²) in [7, 11) is 0. The van der Waals surface area contributed by atoms with Crippen molar-refractivity contribution in [3.8, 4) is 67.5 Å². The van der Waals surface area contributed by atoms with E-state index in [1.165, 1.54) is 33.0 Å². The molecule has 9 aromatic rings. The van der Waals surface area contributed by atoms with Gasteiger partial charge < -0.3 is 0 Å². The van der Waals surface area contributed by atoms with Crippen molar-refractivity contribution in [2.24, 2.45) is 0 Å². The van der Waals surface area contributed by atoms with Gasteiger partial charge in [0.2, 0.25) is 0 Å². The standard InChI is InChI=1S/C47H31N3/c1-3-12-32(13-4-1)33-24-26-34(27-25-33)35-28-30-38(31-29-35)46-48-45(37-15-5-2-6-16-37)49-47(50-46)44-23-11-21-42-41(20-10-22-43(42)44)40-19-9-17-36-14-7-8-18-39(36)40/h1-31H. The molecule has 0 unspecified atom stereocenters. The summed E-state index contributed by atoms with van der Waals surface area (Å²) in [5.41, 5.74) is 9.97. The molecule has 0 fully saturated rings. The fourth-order valence-electron chi connectivity index (χ4n) is 6.84. The molecule has 234 valence electrons. The molecule has 1 aromatic heterocycles. The Balaban J connectivity index is 1.14. The van der Waals surface area contributed by atoms with Gasteiger partial charge in [0, 0.05) is 16.7 Å². The first kappa shape index (κ1) is 29.4. The molecule has 0 saturated heterocycles. The fourth-order valence-corrected chi connectivity index (χ4v) is 6.84. The lowest BCUT2D eigenvalue weighted by Gasteiger charge is -2.14. The van der Waals surface area contributed by atoms with Gasteiger partial charge in [-0.2, -0.15) is 0 Å². The first-order valence-electron chi connectivity index (χ1n) is 16.9. The zero-order chi connectivity index (χ0) is 33.3. The number of nitrogens with zero attached hydrogens (tertiary/aromatic N) is 3. The number of hydrogen-bond acceptors (Lipinski definition) is 3. The Morgan fingerprint density at radius 1 is 0.220 bits per heavy atom. The zero-order valence-electron chi connectivity index (χ0n) is 27.2. The predicted molar refractivity (Wildman–Crippen MR) is 207 cm³/mol. The Kier molecular flexibility index (Phi) is 7.49. The molecule has 1 heterocycles. The van der Waals surface area contributed by atoms with Crippen molar-refractivity contribution in [1.82, 2.24) is 15.0 Å². The average molecular weight is 638 g/mol. The van der Waals surface area contributed by atoms with Gasteiger partial charge in [0.05, 0.1) is 0 Å². The number of fused-ring (bicyclic) bond motifs is 2. The molecule has 0 atom stereocenters. The summed E-state index contributed by atoms with van der Waals surface area (Å²) in [6.45, 7) is 0. The Morgan fingerprint density at radius 2 is 0.580 bits per heavy atom. The molecule has 0 saturated carbocycles. The van der Waals surface area contributed by atoms with Gasteiger partial charge in [-0.25, -0.2) is 15.0 Å². The quantitative estimate of drug-likeness (QED) is 0.182. The van der Waals surface area contributed by atoms with E-state index in [1.54, 1.807) is 0 Å². The van der Waals surface area contributed by atoms with Crippen LogP contribution in [-0.4, -0.2) is 15.0 Å². The number of aromatic nitrogens is 3. The van der Waals surface area contributed by atoms with E-state index in [0.29, 0.717) is 17.5 Å². The molecule has 50 heavy (non-hydrogen) atoms. The molecular formula is C47H31N3. The third-order valence-electron chi connectivity index (χ3n) is 9.38. The highest BCUT2D eigenvalue weighted by atomic mass is 15.0. The Labute approximate surface area is 291 Å². The molecular weight excluding hydrogens is 607 g/mol. The van der Waals surface area contributed by atoms with Crippen molar-refractivity contribution in [3.63, 3.8) is 0 Å². The van der Waals surface area contributed by atoms with Crippen molar-refractivity contribution >= 4 is 21.5 Å². The van der Waals surface area contributed by atoms with Crippen molar-refractivity contribution in [2.75, 3.05) is 0 Å². The van der Waals surface area contributed by atoms with Gasteiger partial charge in [-0.1, -0.05) is 188 Å². The summed E-state index contributed by atoms with van der Waals surface area (Å²) >= 11 is 0. The van der Waals surface area contributed by atoms with Crippen molar-refractivity contribution < 1.29 is 0 Å². The molecule has 8 aromatic carbocycles. The minimum Gasteiger partial charge on any atom is -0.208 e. The van der Waals surface area contributed by atoms with Crippen LogP contribution in [0.4, 0.5) is 0 Å². The third-order valence-corrected chi connectivity index (χ3v) is 9.38. The number of rotatable bonds is 6. The molecule has 0 aliphatic rings. The maximum Gasteiger partial charge on any atom is 0.164 e. The first-order valence-corrected chi connectivity index (χ1v) is 16.9. The van der Waals surface area contributed by atoms with Crippen LogP contribution in [-0.2, 0) is 0 Å². The van der Waals surface area contributed by atoms with E-state index < -0.39 is 0 Å². The first-order chi connectivity index (χ1) is 24.8. The molecule has 0 N–H and O–H groups in total. The topological polar surface area (TPSA) is 38.7 Å². The van der Waals surface area contributed by atoms with Crippen LogP contribution >= 0.6 is 0 Å². The molecule has 0 spiro atoms. The fraction of sp³-hybridized carbons (Fsp3) is 0. The summed E-state index contributed by atoms with van der Waals surface area (Å²) < 4.78 is 0. The SMILES string of the molecule is c1ccc(-c2ccc(-c3ccc(-c4nc(-c5ccccc5)nc(-c5cccc6c(-c7cccc8ccccc78)cccc56)n4)cc3)cc2)cc1. The van der Waals surface area contributed by atoms with Crippen LogP contribution in [0.5, 0.6) is 0 Å². The smallest absolute Gasteiger partial charge is 0.164 e. The van der Waals surface area contributed by atoms with Crippen LogP contribution in [0, 0.1) is 0 Å². The molecule has 0 aliphatic carbocycles. The molecule has 0 bridgehead atoms. The summed E-state index contributed by atoms with van der Waals surface area (Å²) in [5, 5.41) is 4.72. The van der Waals surface area contributed by atoms with Gasteiger partial charge >= 0.3 is 0 Å². The lowest BCUT2D eigenvalue weighted by atomic mass is 9.92. The van der Waals surface area contributed by atoms with Crippen LogP contribution in [0.2, 0.25) is 0 Å². The van der Waals surface area contributed by atoms with Crippen LogP contribution in [0.3, 0.4) is 0 Å². The normalized spacial score (nSPS) is 11.2. The minimum atomic E-state index is 0.641. The van der Waals surface area contributed by atoms with Gasteiger partial charge in [0.25, 0.3) is 0 Å². The number of hydrogen-bond donors (Lipinski definition) is 0. The highest BCUT2D eigenvalue weighted by molar-refractivity contribution is 6.08. The zero-order valence-corrected chi connectivity index (χ0v) is 27.2. The summed E-state index contributed by atoms with van der Waals surface area (Å²) in [6, 6.07) is 65.8. The lowest BCUT2D eigenvalue weighted by Crippen LogP contribution is -2.00. The Hall–Kier alpha value is -6.71. The summed E-state index contributed by atoms with van der Waals surface area (Å²) in [4.78, 5) is 15.2. The van der Waals surface area contributed by atoms with Crippen molar-refractivity contribution in [3.05, 3.63) is 188 Å². The average Bonchev–Trinajstić information content (AvgIpc) is 3.21. The predicted octanol–water partition coefficient (Wildman–Crippen LogP) is 12.2. The second kappa shape index (κ2) is 12.7. The van der Waals surface area contributed by atoms with E-state index in [0.717, 1.165) is 38.6 Å². The third kappa shape index (κ3) is 5.51. The van der Waals surface area contributed by atoms with E-state index in [4.69, 9.17) is 15.0 Å². The van der Waals surface area contributed by atoms with Gasteiger partial charge in [0.15, 0.2) is 17.5 Å². The highest BCUT2D eigenvalue weighted by Gasteiger charge is 2.16. The molecule has 0 aliphatic heterocycles. The minimum absolute atomic E-state index is 0.641.